The van der Waals surface area contributed by atoms with E-state index >= 15 is 0 Å². The van der Waals surface area contributed by atoms with Gasteiger partial charge in [-0.15, -0.1) is 0 Å². The highest BCUT2D eigenvalue weighted by Gasteiger charge is 2.22. The summed E-state index contributed by atoms with van der Waals surface area (Å²) in [7, 11) is 0. The van der Waals surface area contributed by atoms with E-state index in [0.717, 1.165) is 42.5 Å². The Morgan fingerprint density at radius 2 is 2.10 bits per heavy atom. The molecule has 2 aromatic rings. The van der Waals surface area contributed by atoms with Crippen molar-refractivity contribution < 1.29 is 9.90 Å². The van der Waals surface area contributed by atoms with E-state index in [0.29, 0.717) is 12.2 Å². The summed E-state index contributed by atoms with van der Waals surface area (Å²) in [5, 5.41) is 19.1. The molecule has 104 valence electrons. The van der Waals surface area contributed by atoms with Gasteiger partial charge in [0.25, 0.3) is 5.91 Å². The van der Waals surface area contributed by atoms with Crippen molar-refractivity contribution in [3.05, 3.63) is 46.8 Å². The predicted octanol–water partition coefficient (Wildman–Crippen LogP) is 1.58. The topological polar surface area (TPSA) is 78.0 Å². The number of fused-ring (bicyclic) bond motifs is 1. The molecule has 0 fully saturated rings. The Bertz CT molecular complexity index is 617. The van der Waals surface area contributed by atoms with Crippen molar-refractivity contribution in [3.63, 3.8) is 0 Å². The number of phenolic OH excluding ortho intramolecular Hbond substituents is 1. The third kappa shape index (κ3) is 2.52. The first kappa shape index (κ1) is 12.7. The fraction of sp³-hybridized carbons (Fsp3) is 0.333. The summed E-state index contributed by atoms with van der Waals surface area (Å²) in [6.07, 6.45) is 3.76. The molecule has 5 heteroatoms. The van der Waals surface area contributed by atoms with Crippen molar-refractivity contribution in [2.45, 2.75) is 25.7 Å². The summed E-state index contributed by atoms with van der Waals surface area (Å²) in [6.45, 7) is 0.561. The van der Waals surface area contributed by atoms with Crippen molar-refractivity contribution in [3.8, 4) is 5.75 Å². The number of hydrogen-bond acceptors (Lipinski definition) is 3. The van der Waals surface area contributed by atoms with Gasteiger partial charge in [0.15, 0.2) is 5.69 Å². The van der Waals surface area contributed by atoms with Crippen LogP contribution in [-0.4, -0.2) is 27.8 Å². The van der Waals surface area contributed by atoms with Crippen LogP contribution >= 0.6 is 0 Å². The maximum absolute atomic E-state index is 12.1. The van der Waals surface area contributed by atoms with Crippen molar-refractivity contribution in [1.29, 1.82) is 0 Å². The van der Waals surface area contributed by atoms with Gasteiger partial charge in [-0.05, 0) is 43.4 Å². The van der Waals surface area contributed by atoms with Gasteiger partial charge in [-0.25, -0.2) is 0 Å². The van der Waals surface area contributed by atoms with Gasteiger partial charge in [0, 0.05) is 17.8 Å². The average Bonchev–Trinajstić information content (AvgIpc) is 3.03. The molecule has 0 unspecified atom stereocenters. The number of carbonyl (C=O) groups is 1. The van der Waals surface area contributed by atoms with Crippen molar-refractivity contribution in [2.75, 3.05) is 6.54 Å². The summed E-state index contributed by atoms with van der Waals surface area (Å²) in [5.41, 5.74) is 3.80. The van der Waals surface area contributed by atoms with Gasteiger partial charge in [0.05, 0.1) is 0 Å². The molecule has 0 bridgehead atoms. The lowest BCUT2D eigenvalue weighted by Gasteiger charge is -2.05. The van der Waals surface area contributed by atoms with Crippen LogP contribution in [0.5, 0.6) is 5.75 Å². The number of nitrogens with one attached hydrogen (secondary N) is 2. The van der Waals surface area contributed by atoms with E-state index in [1.54, 1.807) is 12.1 Å². The van der Waals surface area contributed by atoms with Crippen molar-refractivity contribution >= 4 is 5.91 Å². The molecule has 0 saturated carbocycles. The summed E-state index contributed by atoms with van der Waals surface area (Å²) < 4.78 is 0. The number of hydrogen-bond donors (Lipinski definition) is 3. The van der Waals surface area contributed by atoms with Gasteiger partial charge in [-0.2, -0.15) is 5.10 Å². The normalized spacial score (nSPS) is 13.2. The van der Waals surface area contributed by atoms with Crippen molar-refractivity contribution in [1.82, 2.24) is 15.5 Å². The number of aromatic amines is 1. The molecular formula is C15H17N3O2. The second-order valence-corrected chi connectivity index (χ2v) is 5.06. The quantitative estimate of drug-likeness (QED) is 0.790. The van der Waals surface area contributed by atoms with Crippen LogP contribution in [0, 0.1) is 0 Å². The maximum Gasteiger partial charge on any atom is 0.272 e. The lowest BCUT2D eigenvalue weighted by molar-refractivity contribution is 0.0948. The highest BCUT2D eigenvalue weighted by atomic mass is 16.3. The molecule has 1 amide bonds. The molecular weight excluding hydrogens is 254 g/mol. The van der Waals surface area contributed by atoms with Crippen LogP contribution < -0.4 is 5.32 Å². The number of aromatic hydroxyl groups is 1. The second-order valence-electron chi connectivity index (χ2n) is 5.06. The number of aryl methyl sites for hydroxylation is 1. The van der Waals surface area contributed by atoms with Crippen LogP contribution in [0.1, 0.15) is 33.7 Å². The Morgan fingerprint density at radius 1 is 1.30 bits per heavy atom. The minimum absolute atomic E-state index is 0.108. The Labute approximate surface area is 117 Å². The Morgan fingerprint density at radius 3 is 2.90 bits per heavy atom. The highest BCUT2D eigenvalue weighted by Crippen LogP contribution is 2.22. The number of H-pyrrole nitrogens is 1. The third-order valence-corrected chi connectivity index (χ3v) is 3.66. The van der Waals surface area contributed by atoms with E-state index in [-0.39, 0.29) is 11.7 Å². The molecule has 20 heavy (non-hydrogen) atoms. The Hall–Kier alpha value is -2.30. The zero-order valence-corrected chi connectivity index (χ0v) is 11.1. The molecule has 0 saturated heterocycles. The van der Waals surface area contributed by atoms with Gasteiger partial charge in [0.2, 0.25) is 0 Å². The van der Waals surface area contributed by atoms with Gasteiger partial charge < -0.3 is 10.4 Å². The molecule has 0 spiro atoms. The maximum atomic E-state index is 12.1. The van der Waals surface area contributed by atoms with Crippen LogP contribution in [0.25, 0.3) is 0 Å². The summed E-state index contributed by atoms with van der Waals surface area (Å²) in [4.78, 5) is 12.1. The van der Waals surface area contributed by atoms with E-state index in [4.69, 9.17) is 0 Å². The second kappa shape index (κ2) is 5.36. The lowest BCUT2D eigenvalue weighted by atomic mass is 10.1. The van der Waals surface area contributed by atoms with Crippen LogP contribution in [0.3, 0.4) is 0 Å². The van der Waals surface area contributed by atoms with E-state index in [9.17, 15) is 9.90 Å². The Balaban J connectivity index is 1.55. The number of amides is 1. The number of nitrogens with zero attached hydrogens (tertiary/aromatic N) is 1. The minimum Gasteiger partial charge on any atom is -0.508 e. The van der Waals surface area contributed by atoms with Crippen LogP contribution in [0.2, 0.25) is 0 Å². The molecule has 1 heterocycles. The number of phenols is 1. The molecule has 0 atom stereocenters. The first-order chi connectivity index (χ1) is 9.74. The van der Waals surface area contributed by atoms with Gasteiger partial charge in [-0.3, -0.25) is 9.89 Å². The number of rotatable bonds is 4. The zero-order chi connectivity index (χ0) is 13.9. The highest BCUT2D eigenvalue weighted by molar-refractivity contribution is 5.94. The minimum atomic E-state index is -0.108. The molecule has 1 aromatic carbocycles. The first-order valence-corrected chi connectivity index (χ1v) is 6.86. The smallest absolute Gasteiger partial charge is 0.272 e. The molecule has 5 nitrogen and oxygen atoms in total. The number of benzene rings is 1. The fourth-order valence-electron chi connectivity index (χ4n) is 2.57. The molecule has 0 aliphatic heterocycles. The number of aromatic nitrogens is 2. The first-order valence-electron chi connectivity index (χ1n) is 6.86. The van der Waals surface area contributed by atoms with Crippen LogP contribution in [-0.2, 0) is 19.3 Å². The van der Waals surface area contributed by atoms with E-state index in [1.165, 1.54) is 0 Å². The monoisotopic (exact) mass is 271 g/mol. The van der Waals surface area contributed by atoms with E-state index < -0.39 is 0 Å². The van der Waals surface area contributed by atoms with Gasteiger partial charge in [0.1, 0.15) is 5.75 Å². The summed E-state index contributed by atoms with van der Waals surface area (Å²) in [6, 6.07) is 7.01. The van der Waals surface area contributed by atoms with Gasteiger partial charge in [-0.1, -0.05) is 12.1 Å². The molecule has 1 aliphatic carbocycles. The summed E-state index contributed by atoms with van der Waals surface area (Å²) in [5.74, 6) is 0.146. The van der Waals surface area contributed by atoms with Crippen molar-refractivity contribution in [2.24, 2.45) is 0 Å². The largest absolute Gasteiger partial charge is 0.508 e. The SMILES string of the molecule is O=C(NCCc1ccc(O)cc1)c1n[nH]c2c1CCC2. The molecule has 1 aliphatic rings. The Kier molecular flexibility index (Phi) is 3.41. The zero-order valence-electron chi connectivity index (χ0n) is 11.1. The molecule has 0 radical (unpaired) electrons. The standard InChI is InChI=1S/C15H17N3O2/c19-11-6-4-10(5-7-11)8-9-16-15(20)14-12-2-1-3-13(12)17-18-14/h4-7,19H,1-3,8-9H2,(H,16,20)(H,17,18). The lowest BCUT2D eigenvalue weighted by Crippen LogP contribution is -2.26. The van der Waals surface area contributed by atoms with E-state index in [2.05, 4.69) is 15.5 Å². The van der Waals surface area contributed by atoms with Crippen LogP contribution in [0.4, 0.5) is 0 Å². The third-order valence-electron chi connectivity index (χ3n) is 3.66. The van der Waals surface area contributed by atoms with Gasteiger partial charge >= 0.3 is 0 Å². The van der Waals surface area contributed by atoms with Crippen LogP contribution in [0.15, 0.2) is 24.3 Å². The molecule has 1 aromatic heterocycles. The average molecular weight is 271 g/mol. The predicted molar refractivity (Wildman–Crippen MR) is 74.8 cm³/mol. The molecule has 3 N–H and O–H groups in total. The fourth-order valence-corrected chi connectivity index (χ4v) is 2.57. The molecule has 3 rings (SSSR count). The van der Waals surface area contributed by atoms with E-state index in [1.807, 2.05) is 12.1 Å². The summed E-state index contributed by atoms with van der Waals surface area (Å²) >= 11 is 0. The number of carbonyl (C=O) groups excluding carboxylic acids is 1.